The van der Waals surface area contributed by atoms with Crippen LogP contribution in [0.1, 0.15) is 39.2 Å². The van der Waals surface area contributed by atoms with Crippen molar-refractivity contribution < 1.29 is 18.7 Å². The first-order chi connectivity index (χ1) is 19.3. The number of fused-ring (bicyclic) bond motifs is 2. The monoisotopic (exact) mass is 561 g/mol. The van der Waals surface area contributed by atoms with Gasteiger partial charge in [-0.15, -0.1) is 0 Å². The SMILES string of the molecule is Cc1cnn(Cc2ccc(CNC(=O)c3cncc(N4CC[C@]5(C4)OC(=O)Nc4ccc(Cl)c(F)c45)c3)cn2)c1. The van der Waals surface area contributed by atoms with Crippen LogP contribution in [0.4, 0.5) is 20.6 Å². The van der Waals surface area contributed by atoms with Crippen LogP contribution in [0.15, 0.2) is 61.3 Å². The maximum absolute atomic E-state index is 15.1. The average molecular weight is 562 g/mol. The Morgan fingerprint density at radius 2 is 2.10 bits per heavy atom. The van der Waals surface area contributed by atoms with Gasteiger partial charge in [0, 0.05) is 38.1 Å². The lowest BCUT2D eigenvalue weighted by atomic mass is 9.89. The lowest BCUT2D eigenvalue weighted by molar-refractivity contribution is 0.0264. The molecule has 2 N–H and O–H groups in total. The van der Waals surface area contributed by atoms with E-state index in [0.717, 1.165) is 16.8 Å². The van der Waals surface area contributed by atoms with Crippen LogP contribution in [0.2, 0.25) is 5.02 Å². The van der Waals surface area contributed by atoms with Gasteiger partial charge < -0.3 is 15.0 Å². The molecule has 5 heterocycles. The molecule has 1 spiro atoms. The van der Waals surface area contributed by atoms with Crippen molar-refractivity contribution in [1.82, 2.24) is 25.1 Å². The zero-order chi connectivity index (χ0) is 27.9. The van der Waals surface area contributed by atoms with Gasteiger partial charge in [-0.3, -0.25) is 24.8 Å². The minimum atomic E-state index is -1.21. The Kier molecular flexibility index (Phi) is 6.59. The van der Waals surface area contributed by atoms with Crippen LogP contribution in [-0.2, 0) is 23.4 Å². The molecule has 3 aromatic heterocycles. The molecule has 1 atom stereocenters. The number of hydrogen-bond donors (Lipinski definition) is 2. The number of rotatable bonds is 6. The first-order valence-corrected chi connectivity index (χ1v) is 13.1. The van der Waals surface area contributed by atoms with Gasteiger partial charge in [0.05, 0.1) is 58.7 Å². The predicted octanol–water partition coefficient (Wildman–Crippen LogP) is 4.42. The van der Waals surface area contributed by atoms with Crippen LogP contribution in [0, 0.1) is 12.7 Å². The molecule has 1 saturated heterocycles. The van der Waals surface area contributed by atoms with Gasteiger partial charge in [0.1, 0.15) is 0 Å². The highest BCUT2D eigenvalue weighted by Gasteiger charge is 2.49. The fraction of sp³-hybridized carbons (Fsp3) is 0.250. The predicted molar refractivity (Wildman–Crippen MR) is 146 cm³/mol. The summed E-state index contributed by atoms with van der Waals surface area (Å²) in [5, 5.41) is 9.67. The number of aromatic nitrogens is 4. The van der Waals surface area contributed by atoms with Gasteiger partial charge in [0.2, 0.25) is 0 Å². The maximum Gasteiger partial charge on any atom is 0.412 e. The van der Waals surface area contributed by atoms with E-state index >= 15 is 4.39 Å². The average Bonchev–Trinajstić information content (AvgIpc) is 3.56. The number of nitrogens with one attached hydrogen (secondary N) is 2. The largest absolute Gasteiger partial charge is 0.436 e. The number of anilines is 2. The van der Waals surface area contributed by atoms with Crippen LogP contribution < -0.4 is 15.5 Å². The molecular formula is C28H25ClFN7O3. The Hall–Kier alpha value is -4.51. The van der Waals surface area contributed by atoms with Crippen molar-refractivity contribution in [2.45, 2.75) is 32.0 Å². The summed E-state index contributed by atoms with van der Waals surface area (Å²) in [7, 11) is 0. The van der Waals surface area contributed by atoms with E-state index in [4.69, 9.17) is 16.3 Å². The molecule has 2 aliphatic rings. The molecule has 2 amide bonds. The highest BCUT2D eigenvalue weighted by Crippen LogP contribution is 2.46. The normalized spacial score (nSPS) is 17.9. The van der Waals surface area contributed by atoms with E-state index in [-0.39, 0.29) is 23.0 Å². The van der Waals surface area contributed by atoms with E-state index in [9.17, 15) is 9.59 Å². The second-order valence-corrected chi connectivity index (χ2v) is 10.4. The molecule has 0 saturated carbocycles. The van der Waals surface area contributed by atoms with Crippen molar-refractivity contribution in [1.29, 1.82) is 0 Å². The number of benzene rings is 1. The van der Waals surface area contributed by atoms with Gasteiger partial charge in [0.15, 0.2) is 11.4 Å². The number of hydrogen-bond acceptors (Lipinski definition) is 7. The summed E-state index contributed by atoms with van der Waals surface area (Å²) in [5.41, 5.74) is 3.18. The number of carbonyl (C=O) groups is 2. The molecule has 0 unspecified atom stereocenters. The first kappa shape index (κ1) is 25.8. The summed E-state index contributed by atoms with van der Waals surface area (Å²) in [6.07, 6.45) is 8.28. The van der Waals surface area contributed by atoms with Gasteiger partial charge in [-0.1, -0.05) is 17.7 Å². The number of aryl methyl sites for hydroxylation is 1. The molecule has 0 bridgehead atoms. The molecule has 1 aromatic carbocycles. The number of nitrogens with zero attached hydrogens (tertiary/aromatic N) is 5. The first-order valence-electron chi connectivity index (χ1n) is 12.7. The minimum Gasteiger partial charge on any atom is -0.436 e. The van der Waals surface area contributed by atoms with Crippen molar-refractivity contribution in [2.75, 3.05) is 23.3 Å². The minimum absolute atomic E-state index is 0.0468. The molecule has 12 heteroatoms. The van der Waals surface area contributed by atoms with E-state index in [1.54, 1.807) is 30.7 Å². The summed E-state index contributed by atoms with van der Waals surface area (Å²) < 4.78 is 22.6. The number of halogens is 2. The third kappa shape index (κ3) is 4.95. The van der Waals surface area contributed by atoms with Gasteiger partial charge in [-0.2, -0.15) is 5.10 Å². The van der Waals surface area contributed by atoms with Gasteiger partial charge >= 0.3 is 6.09 Å². The second kappa shape index (κ2) is 10.2. The lowest BCUT2D eigenvalue weighted by Gasteiger charge is -2.36. The Labute approximate surface area is 234 Å². The van der Waals surface area contributed by atoms with Gasteiger partial charge in [0.25, 0.3) is 5.91 Å². The zero-order valence-electron chi connectivity index (χ0n) is 21.5. The van der Waals surface area contributed by atoms with Crippen LogP contribution in [-0.4, -0.2) is 44.8 Å². The van der Waals surface area contributed by atoms with Crippen LogP contribution in [0.25, 0.3) is 0 Å². The van der Waals surface area contributed by atoms with Gasteiger partial charge in [-0.25, -0.2) is 9.18 Å². The Morgan fingerprint density at radius 1 is 1.23 bits per heavy atom. The summed E-state index contributed by atoms with van der Waals surface area (Å²) >= 11 is 6.05. The molecule has 10 nitrogen and oxygen atoms in total. The van der Waals surface area contributed by atoms with E-state index in [1.807, 2.05) is 34.8 Å². The third-order valence-electron chi connectivity index (χ3n) is 7.08. The van der Waals surface area contributed by atoms with Crippen molar-refractivity contribution in [3.63, 3.8) is 0 Å². The molecule has 40 heavy (non-hydrogen) atoms. The standard InChI is InChI=1S/C28H25ClFN7O3/c1-17-9-34-37(14-17)15-20-3-2-18(10-32-20)11-33-26(38)19-8-21(13-31-12-19)36-7-6-28(16-36)24-23(35-27(39)40-28)5-4-22(29)25(24)30/h2-5,8-10,12-14H,6-7,11,15-16H2,1H3,(H,33,38)(H,35,39)/t28-/m1/s1. The highest BCUT2D eigenvalue weighted by atomic mass is 35.5. The van der Waals surface area contributed by atoms with E-state index in [2.05, 4.69) is 25.7 Å². The Bertz CT molecular complexity index is 1610. The highest BCUT2D eigenvalue weighted by molar-refractivity contribution is 6.31. The van der Waals surface area contributed by atoms with E-state index in [1.165, 1.54) is 12.3 Å². The van der Waals surface area contributed by atoms with Gasteiger partial charge in [-0.05, 0) is 42.3 Å². The smallest absolute Gasteiger partial charge is 0.412 e. The fourth-order valence-electron chi connectivity index (χ4n) is 5.14. The summed E-state index contributed by atoms with van der Waals surface area (Å²) in [6.45, 7) is 3.49. The molecular weight excluding hydrogens is 537 g/mol. The topological polar surface area (TPSA) is 114 Å². The molecule has 4 aromatic rings. The van der Waals surface area contributed by atoms with Crippen molar-refractivity contribution in [3.05, 3.63) is 100 Å². The van der Waals surface area contributed by atoms with Crippen molar-refractivity contribution in [2.24, 2.45) is 0 Å². The van der Waals surface area contributed by atoms with Crippen LogP contribution in [0.3, 0.4) is 0 Å². The Balaban J connectivity index is 1.12. The molecule has 0 radical (unpaired) electrons. The summed E-state index contributed by atoms with van der Waals surface area (Å²) in [6, 6.07) is 8.51. The summed E-state index contributed by atoms with van der Waals surface area (Å²) in [5.74, 6) is -0.915. The molecule has 2 aliphatic heterocycles. The number of carbonyl (C=O) groups excluding carboxylic acids is 2. The summed E-state index contributed by atoms with van der Waals surface area (Å²) in [4.78, 5) is 35.8. The van der Waals surface area contributed by atoms with E-state index in [0.29, 0.717) is 43.0 Å². The third-order valence-corrected chi connectivity index (χ3v) is 7.38. The maximum atomic E-state index is 15.1. The quantitative estimate of drug-likeness (QED) is 0.358. The number of amides is 2. The number of ether oxygens (including phenoxy) is 1. The van der Waals surface area contributed by atoms with Crippen LogP contribution >= 0.6 is 11.6 Å². The van der Waals surface area contributed by atoms with Crippen molar-refractivity contribution in [3.8, 4) is 0 Å². The lowest BCUT2D eigenvalue weighted by Crippen LogP contribution is -2.42. The molecule has 0 aliphatic carbocycles. The molecule has 204 valence electrons. The van der Waals surface area contributed by atoms with Crippen molar-refractivity contribution >= 4 is 35.0 Å². The van der Waals surface area contributed by atoms with E-state index < -0.39 is 17.5 Å². The number of pyridine rings is 2. The zero-order valence-corrected chi connectivity index (χ0v) is 22.3. The second-order valence-electron chi connectivity index (χ2n) is 9.95. The fourth-order valence-corrected chi connectivity index (χ4v) is 5.29. The molecule has 6 rings (SSSR count). The molecule has 1 fully saturated rings. The van der Waals surface area contributed by atoms with Crippen LogP contribution in [0.5, 0.6) is 0 Å². The Morgan fingerprint density at radius 3 is 2.88 bits per heavy atom.